The van der Waals surface area contributed by atoms with Crippen molar-refractivity contribution >= 4 is 13.8 Å². The second-order valence-corrected chi connectivity index (χ2v) is 2.95. The lowest BCUT2D eigenvalue weighted by atomic mass is 10.0. The zero-order valence-electron chi connectivity index (χ0n) is 7.16. The number of cyclic esters (lactones) is 1. The monoisotopic (exact) mass is 164 g/mol. The molecule has 0 aromatic rings. The van der Waals surface area contributed by atoms with E-state index in [0.29, 0.717) is 12.7 Å². The van der Waals surface area contributed by atoms with Crippen molar-refractivity contribution in [1.29, 1.82) is 0 Å². The minimum absolute atomic E-state index is 0.0626. The lowest BCUT2D eigenvalue weighted by molar-refractivity contribution is -0.153. The average molecular weight is 164 g/mol. The highest BCUT2D eigenvalue weighted by Crippen LogP contribution is 2.16. The van der Waals surface area contributed by atoms with E-state index in [-0.39, 0.29) is 12.1 Å². The molecule has 1 rings (SSSR count). The predicted molar refractivity (Wildman–Crippen MR) is 48.0 cm³/mol. The minimum atomic E-state index is -0.0626. The number of esters is 1. The summed E-state index contributed by atoms with van der Waals surface area (Å²) in [5.41, 5.74) is 0. The van der Waals surface area contributed by atoms with Gasteiger partial charge in [-0.05, 0) is 12.8 Å². The molecule has 1 saturated heterocycles. The van der Waals surface area contributed by atoms with E-state index in [1.54, 1.807) is 0 Å². The molecule has 3 heteroatoms. The molecule has 1 fully saturated rings. The number of rotatable bonds is 3. The molecule has 0 aromatic carbocycles. The van der Waals surface area contributed by atoms with Crippen molar-refractivity contribution in [2.75, 3.05) is 0 Å². The third kappa shape index (κ3) is 3.12. The van der Waals surface area contributed by atoms with E-state index in [0.717, 1.165) is 19.3 Å². The third-order valence-electron chi connectivity index (χ3n) is 1.91. The molecule has 0 aromatic heterocycles. The first-order valence-corrected chi connectivity index (χ1v) is 4.37. The van der Waals surface area contributed by atoms with Crippen LogP contribution in [0.4, 0.5) is 0 Å². The van der Waals surface area contributed by atoms with Crippen LogP contribution in [0.15, 0.2) is 12.2 Å². The Labute approximate surface area is 74.4 Å². The quantitative estimate of drug-likeness (QED) is 0.360. The molecule has 0 amide bonds. The van der Waals surface area contributed by atoms with Gasteiger partial charge in [0.25, 0.3) is 0 Å². The maximum Gasteiger partial charge on any atom is 0.306 e. The van der Waals surface area contributed by atoms with Crippen molar-refractivity contribution in [1.82, 2.24) is 0 Å². The first-order chi connectivity index (χ1) is 5.83. The molecule has 1 aliphatic rings. The van der Waals surface area contributed by atoms with Crippen LogP contribution in [0.1, 0.15) is 25.7 Å². The summed E-state index contributed by atoms with van der Waals surface area (Å²) in [6.45, 7) is 0. The Hall–Kier alpha value is -0.725. The Balaban J connectivity index is 2.22. The number of allylic oxidation sites excluding steroid dienone is 1. The van der Waals surface area contributed by atoms with Crippen LogP contribution >= 0.6 is 0 Å². The Morgan fingerprint density at radius 3 is 3.08 bits per heavy atom. The van der Waals surface area contributed by atoms with Gasteiger partial charge in [-0.15, -0.1) is 0 Å². The van der Waals surface area contributed by atoms with E-state index in [2.05, 4.69) is 0 Å². The van der Waals surface area contributed by atoms with Gasteiger partial charge < -0.3 is 4.74 Å². The molecule has 2 nitrogen and oxygen atoms in total. The molecule has 64 valence electrons. The van der Waals surface area contributed by atoms with Gasteiger partial charge in [-0.2, -0.15) is 0 Å². The zero-order chi connectivity index (χ0) is 8.81. The van der Waals surface area contributed by atoms with Crippen LogP contribution in [0.25, 0.3) is 0 Å². The first-order valence-electron chi connectivity index (χ1n) is 4.37. The normalized spacial score (nSPS) is 24.3. The van der Waals surface area contributed by atoms with Crippen LogP contribution in [-0.4, -0.2) is 19.9 Å². The standard InChI is InChI=1S/C9H13BO2/c10-7-2-1-4-8-5-3-6-9(11)12-8/h1-2,8H,3-7H2/b2-1-. The second-order valence-electron chi connectivity index (χ2n) is 2.95. The lowest BCUT2D eigenvalue weighted by Crippen LogP contribution is -2.22. The van der Waals surface area contributed by atoms with Crippen molar-refractivity contribution in [3.8, 4) is 0 Å². The van der Waals surface area contributed by atoms with Gasteiger partial charge in [-0.25, -0.2) is 0 Å². The average Bonchev–Trinajstić information content (AvgIpc) is 2.05. The molecule has 0 N–H and O–H groups in total. The molecule has 1 aliphatic heterocycles. The summed E-state index contributed by atoms with van der Waals surface area (Å²) in [4.78, 5) is 10.8. The topological polar surface area (TPSA) is 26.3 Å². The summed E-state index contributed by atoms with van der Waals surface area (Å²) in [5.74, 6) is -0.0626. The van der Waals surface area contributed by atoms with Gasteiger partial charge in [-0.1, -0.05) is 18.5 Å². The fourth-order valence-corrected chi connectivity index (χ4v) is 1.29. The van der Waals surface area contributed by atoms with E-state index >= 15 is 0 Å². The van der Waals surface area contributed by atoms with Crippen LogP contribution in [0.5, 0.6) is 0 Å². The van der Waals surface area contributed by atoms with Crippen LogP contribution in [0.2, 0.25) is 6.32 Å². The van der Waals surface area contributed by atoms with Gasteiger partial charge in [0.15, 0.2) is 0 Å². The molecule has 2 radical (unpaired) electrons. The van der Waals surface area contributed by atoms with E-state index < -0.39 is 0 Å². The number of carbonyl (C=O) groups is 1. The summed E-state index contributed by atoms with van der Waals surface area (Å²) in [5, 5.41) is 0. The Bertz CT molecular complexity index is 177. The van der Waals surface area contributed by atoms with E-state index in [9.17, 15) is 4.79 Å². The largest absolute Gasteiger partial charge is 0.462 e. The molecule has 1 atom stereocenters. The highest BCUT2D eigenvalue weighted by Gasteiger charge is 2.18. The Kier molecular flexibility index (Phi) is 3.91. The molecule has 1 heterocycles. The number of hydrogen-bond acceptors (Lipinski definition) is 2. The van der Waals surface area contributed by atoms with Gasteiger partial charge in [0.1, 0.15) is 6.10 Å². The van der Waals surface area contributed by atoms with Crippen LogP contribution in [0, 0.1) is 0 Å². The van der Waals surface area contributed by atoms with Crippen molar-refractivity contribution in [3.05, 3.63) is 12.2 Å². The first kappa shape index (κ1) is 9.36. The summed E-state index contributed by atoms with van der Waals surface area (Å²) in [7, 11) is 5.28. The Morgan fingerprint density at radius 2 is 2.42 bits per heavy atom. The minimum Gasteiger partial charge on any atom is -0.462 e. The van der Waals surface area contributed by atoms with Crippen molar-refractivity contribution in [2.24, 2.45) is 0 Å². The van der Waals surface area contributed by atoms with E-state index in [1.807, 2.05) is 12.2 Å². The van der Waals surface area contributed by atoms with Gasteiger partial charge in [0, 0.05) is 12.8 Å². The van der Waals surface area contributed by atoms with E-state index in [4.69, 9.17) is 12.6 Å². The fourth-order valence-electron chi connectivity index (χ4n) is 1.29. The smallest absolute Gasteiger partial charge is 0.306 e. The Morgan fingerprint density at radius 1 is 1.58 bits per heavy atom. The van der Waals surface area contributed by atoms with Gasteiger partial charge in [-0.3, -0.25) is 4.79 Å². The highest BCUT2D eigenvalue weighted by atomic mass is 16.5. The molecule has 0 saturated carbocycles. The SMILES string of the molecule is [B]C/C=C\CC1CCCC(=O)O1. The van der Waals surface area contributed by atoms with Crippen molar-refractivity contribution in [3.63, 3.8) is 0 Å². The van der Waals surface area contributed by atoms with Crippen molar-refractivity contribution < 1.29 is 9.53 Å². The van der Waals surface area contributed by atoms with Gasteiger partial charge in [0.05, 0.1) is 7.85 Å². The molecule has 1 unspecified atom stereocenters. The predicted octanol–water partition coefficient (Wildman–Crippen LogP) is 1.62. The zero-order valence-corrected chi connectivity index (χ0v) is 7.16. The number of carbonyl (C=O) groups excluding carboxylic acids is 1. The maximum atomic E-state index is 10.8. The number of hydrogen-bond donors (Lipinski definition) is 0. The van der Waals surface area contributed by atoms with Crippen LogP contribution in [-0.2, 0) is 9.53 Å². The van der Waals surface area contributed by atoms with Crippen LogP contribution < -0.4 is 0 Å². The fraction of sp³-hybridized carbons (Fsp3) is 0.667. The summed E-state index contributed by atoms with van der Waals surface area (Å²) in [6, 6.07) is 0. The molecule has 0 spiro atoms. The third-order valence-corrected chi connectivity index (χ3v) is 1.91. The lowest BCUT2D eigenvalue weighted by Gasteiger charge is -2.20. The van der Waals surface area contributed by atoms with E-state index in [1.165, 1.54) is 0 Å². The van der Waals surface area contributed by atoms with Gasteiger partial charge in [0.2, 0.25) is 0 Å². The summed E-state index contributed by atoms with van der Waals surface area (Å²) in [6.07, 6.45) is 7.85. The molecule has 12 heavy (non-hydrogen) atoms. The van der Waals surface area contributed by atoms with Gasteiger partial charge >= 0.3 is 5.97 Å². The molecular weight excluding hydrogens is 151 g/mol. The molecule has 0 bridgehead atoms. The van der Waals surface area contributed by atoms with Crippen LogP contribution in [0.3, 0.4) is 0 Å². The van der Waals surface area contributed by atoms with Crippen molar-refractivity contribution in [2.45, 2.75) is 38.1 Å². The summed E-state index contributed by atoms with van der Waals surface area (Å²) < 4.78 is 5.10. The highest BCUT2D eigenvalue weighted by molar-refractivity contribution is 6.09. The molecular formula is C9H13BO2. The number of ether oxygens (including phenoxy) is 1. The summed E-state index contributed by atoms with van der Waals surface area (Å²) >= 11 is 0. The molecule has 0 aliphatic carbocycles. The maximum absolute atomic E-state index is 10.8. The second kappa shape index (κ2) is 5.02.